The third-order valence-electron chi connectivity index (χ3n) is 4.86. The molecule has 0 saturated heterocycles. The van der Waals surface area contributed by atoms with Gasteiger partial charge in [-0.2, -0.15) is 0 Å². The number of carboxylic acid groups (broad SMARTS) is 1. The van der Waals surface area contributed by atoms with Crippen molar-refractivity contribution in [3.8, 4) is 5.75 Å². The van der Waals surface area contributed by atoms with Crippen LogP contribution >= 0.6 is 43.5 Å². The minimum Gasteiger partial charge on any atom is -0.487 e. The normalized spacial score (nSPS) is 11.1. The molecule has 0 aliphatic heterocycles. The average Bonchev–Trinajstić information content (AvgIpc) is 3.11. The molecule has 158 valence electrons. The Morgan fingerprint density at radius 1 is 1.10 bits per heavy atom. The standard InChI is InChI=1S/C23H15Br2ClFNO3/c24-15-5-4-13(20(27)9-15)12-31-22-14(8-16(26)10-19(22)25)11-28-7-6-17-18(23(29)30)2-1-3-21(17)28/h1-10H,11-12H2,(H,29,30). The van der Waals surface area contributed by atoms with Crippen molar-refractivity contribution >= 4 is 60.3 Å². The van der Waals surface area contributed by atoms with E-state index in [4.69, 9.17) is 16.3 Å². The second-order valence-electron chi connectivity index (χ2n) is 6.89. The highest BCUT2D eigenvalue weighted by Gasteiger charge is 2.15. The molecule has 31 heavy (non-hydrogen) atoms. The van der Waals surface area contributed by atoms with E-state index in [1.54, 1.807) is 42.5 Å². The van der Waals surface area contributed by atoms with Crippen molar-refractivity contribution in [2.45, 2.75) is 13.2 Å². The van der Waals surface area contributed by atoms with Gasteiger partial charge in [0.15, 0.2) is 0 Å². The van der Waals surface area contributed by atoms with Crippen molar-refractivity contribution in [3.63, 3.8) is 0 Å². The molecule has 0 aliphatic carbocycles. The molecule has 1 heterocycles. The number of hydrogen-bond acceptors (Lipinski definition) is 2. The Balaban J connectivity index is 1.68. The molecule has 0 bridgehead atoms. The van der Waals surface area contributed by atoms with E-state index in [2.05, 4.69) is 31.9 Å². The minimum atomic E-state index is -0.977. The Morgan fingerprint density at radius 2 is 1.90 bits per heavy atom. The predicted octanol–water partition coefficient (Wildman–Crippen LogP) is 7.28. The lowest BCUT2D eigenvalue weighted by Crippen LogP contribution is -2.05. The Labute approximate surface area is 199 Å². The number of nitrogens with zero attached hydrogens (tertiary/aromatic N) is 1. The molecule has 3 aromatic carbocycles. The molecule has 0 saturated carbocycles. The highest BCUT2D eigenvalue weighted by atomic mass is 79.9. The van der Waals surface area contributed by atoms with E-state index in [-0.39, 0.29) is 18.0 Å². The number of hydrogen-bond donors (Lipinski definition) is 1. The molecule has 0 aliphatic rings. The van der Waals surface area contributed by atoms with Crippen molar-refractivity contribution in [1.29, 1.82) is 0 Å². The van der Waals surface area contributed by atoms with Crippen LogP contribution in [-0.4, -0.2) is 15.6 Å². The number of rotatable bonds is 6. The minimum absolute atomic E-state index is 0.0436. The van der Waals surface area contributed by atoms with Gasteiger partial charge in [-0.05, 0) is 58.4 Å². The fraction of sp³-hybridized carbons (Fsp3) is 0.0870. The lowest BCUT2D eigenvalue weighted by atomic mass is 10.1. The summed E-state index contributed by atoms with van der Waals surface area (Å²) in [7, 11) is 0. The van der Waals surface area contributed by atoms with Gasteiger partial charge in [-0.25, -0.2) is 9.18 Å². The number of ether oxygens (including phenoxy) is 1. The van der Waals surface area contributed by atoms with Crippen LogP contribution in [0.2, 0.25) is 5.02 Å². The van der Waals surface area contributed by atoms with Gasteiger partial charge >= 0.3 is 5.97 Å². The first-order chi connectivity index (χ1) is 14.8. The van der Waals surface area contributed by atoms with Gasteiger partial charge in [-0.15, -0.1) is 0 Å². The van der Waals surface area contributed by atoms with Crippen LogP contribution in [0.25, 0.3) is 10.9 Å². The largest absolute Gasteiger partial charge is 0.487 e. The van der Waals surface area contributed by atoms with Crippen LogP contribution in [0.1, 0.15) is 21.5 Å². The lowest BCUT2D eigenvalue weighted by molar-refractivity contribution is 0.0699. The van der Waals surface area contributed by atoms with Crippen LogP contribution < -0.4 is 4.74 Å². The highest BCUT2D eigenvalue weighted by Crippen LogP contribution is 2.35. The van der Waals surface area contributed by atoms with Gasteiger partial charge in [0.2, 0.25) is 0 Å². The summed E-state index contributed by atoms with van der Waals surface area (Å²) in [6.45, 7) is 0.436. The van der Waals surface area contributed by atoms with Crippen LogP contribution in [0.5, 0.6) is 5.75 Å². The summed E-state index contributed by atoms with van der Waals surface area (Å²) in [5.74, 6) is -0.795. The van der Waals surface area contributed by atoms with Gasteiger partial charge in [0.1, 0.15) is 18.2 Å². The van der Waals surface area contributed by atoms with Crippen molar-refractivity contribution in [3.05, 3.63) is 97.3 Å². The van der Waals surface area contributed by atoms with E-state index in [9.17, 15) is 14.3 Å². The number of carboxylic acids is 1. The molecular formula is C23H15Br2ClFNO3. The monoisotopic (exact) mass is 565 g/mol. The molecule has 4 rings (SSSR count). The summed E-state index contributed by atoms with van der Waals surface area (Å²) in [4.78, 5) is 11.5. The third kappa shape index (κ3) is 4.63. The molecule has 4 aromatic rings. The van der Waals surface area contributed by atoms with Crippen LogP contribution in [0.15, 0.2) is 69.7 Å². The smallest absolute Gasteiger partial charge is 0.336 e. The lowest BCUT2D eigenvalue weighted by Gasteiger charge is -2.16. The van der Waals surface area contributed by atoms with Gasteiger partial charge in [0, 0.05) is 37.7 Å². The summed E-state index contributed by atoms with van der Waals surface area (Å²) in [5.41, 5.74) is 2.22. The zero-order chi connectivity index (χ0) is 22.1. The average molecular weight is 568 g/mol. The zero-order valence-electron chi connectivity index (χ0n) is 15.9. The van der Waals surface area contributed by atoms with Gasteiger partial charge in [-0.3, -0.25) is 0 Å². The van der Waals surface area contributed by atoms with Gasteiger partial charge < -0.3 is 14.4 Å². The number of halogens is 4. The van der Waals surface area contributed by atoms with Crippen molar-refractivity contribution in [2.75, 3.05) is 0 Å². The number of aromatic nitrogens is 1. The fourth-order valence-corrected chi connectivity index (χ4v) is 4.73. The van der Waals surface area contributed by atoms with Crippen LogP contribution in [0.4, 0.5) is 4.39 Å². The van der Waals surface area contributed by atoms with Crippen LogP contribution in [0, 0.1) is 5.82 Å². The summed E-state index contributed by atoms with van der Waals surface area (Å²) in [5, 5.41) is 10.6. The Bertz CT molecular complexity index is 1310. The topological polar surface area (TPSA) is 51.5 Å². The Morgan fingerprint density at radius 3 is 2.65 bits per heavy atom. The maximum atomic E-state index is 14.2. The highest BCUT2D eigenvalue weighted by molar-refractivity contribution is 9.10. The third-order valence-corrected chi connectivity index (χ3v) is 6.16. The molecule has 1 aromatic heterocycles. The number of fused-ring (bicyclic) bond motifs is 1. The number of carbonyl (C=O) groups is 1. The zero-order valence-corrected chi connectivity index (χ0v) is 19.8. The molecule has 0 fully saturated rings. The van der Waals surface area contributed by atoms with Crippen molar-refractivity contribution in [2.24, 2.45) is 0 Å². The summed E-state index contributed by atoms with van der Waals surface area (Å²) < 4.78 is 23.4. The number of aromatic carboxylic acids is 1. The molecule has 0 amide bonds. The first-order valence-electron chi connectivity index (χ1n) is 9.19. The molecule has 1 N–H and O–H groups in total. The van der Waals surface area contributed by atoms with E-state index in [0.29, 0.717) is 37.2 Å². The molecule has 0 atom stereocenters. The molecule has 0 radical (unpaired) electrons. The molecule has 0 spiro atoms. The van der Waals surface area contributed by atoms with E-state index in [0.717, 1.165) is 11.1 Å². The maximum absolute atomic E-state index is 14.2. The molecule has 0 unspecified atom stereocenters. The van der Waals surface area contributed by atoms with E-state index < -0.39 is 5.97 Å². The van der Waals surface area contributed by atoms with Crippen LogP contribution in [0.3, 0.4) is 0 Å². The molecule has 8 heteroatoms. The van der Waals surface area contributed by atoms with E-state index in [1.807, 2.05) is 16.8 Å². The summed E-state index contributed by atoms with van der Waals surface area (Å²) in [6.07, 6.45) is 1.82. The SMILES string of the molecule is O=C(O)c1cccc2c1ccn2Cc1cc(Cl)cc(Br)c1OCc1ccc(Br)cc1F. The molecular weight excluding hydrogens is 553 g/mol. The van der Waals surface area contributed by atoms with Gasteiger partial charge in [0.05, 0.1) is 16.6 Å². The second kappa shape index (κ2) is 9.02. The first kappa shape index (κ1) is 21.9. The Kier molecular flexibility index (Phi) is 6.36. The Hall–Kier alpha value is -2.35. The van der Waals surface area contributed by atoms with Crippen molar-refractivity contribution in [1.82, 2.24) is 4.57 Å². The fourth-order valence-electron chi connectivity index (χ4n) is 3.41. The second-order valence-corrected chi connectivity index (χ2v) is 9.09. The quantitative estimate of drug-likeness (QED) is 0.266. The summed E-state index contributed by atoms with van der Waals surface area (Å²) in [6, 6.07) is 15.2. The first-order valence-corrected chi connectivity index (χ1v) is 11.2. The number of benzene rings is 3. The van der Waals surface area contributed by atoms with Crippen molar-refractivity contribution < 1.29 is 19.0 Å². The van der Waals surface area contributed by atoms with Gasteiger partial charge in [0.25, 0.3) is 0 Å². The summed E-state index contributed by atoms with van der Waals surface area (Å²) >= 11 is 13.0. The van der Waals surface area contributed by atoms with E-state index >= 15 is 0 Å². The van der Waals surface area contributed by atoms with Crippen LogP contribution in [-0.2, 0) is 13.2 Å². The van der Waals surface area contributed by atoms with E-state index in [1.165, 1.54) is 6.07 Å². The maximum Gasteiger partial charge on any atom is 0.336 e. The molecule has 4 nitrogen and oxygen atoms in total. The van der Waals surface area contributed by atoms with Gasteiger partial charge in [-0.1, -0.05) is 39.7 Å². The predicted molar refractivity (Wildman–Crippen MR) is 126 cm³/mol.